The van der Waals surface area contributed by atoms with Crippen molar-refractivity contribution < 1.29 is 45.0 Å². The van der Waals surface area contributed by atoms with Crippen LogP contribution in [0.25, 0.3) is 0 Å². The van der Waals surface area contributed by atoms with Crippen molar-refractivity contribution in [2.75, 3.05) is 12.4 Å². The van der Waals surface area contributed by atoms with Gasteiger partial charge in [0.05, 0.1) is 30.6 Å². The highest BCUT2D eigenvalue weighted by Gasteiger charge is 2.47. The number of carbonyl (C=O) groups is 2. The van der Waals surface area contributed by atoms with Crippen molar-refractivity contribution in [1.82, 2.24) is 35.5 Å². The second kappa shape index (κ2) is 14.3. The predicted molar refractivity (Wildman–Crippen MR) is 143 cm³/mol. The number of alkyl halides is 3. The summed E-state index contributed by atoms with van der Waals surface area (Å²) in [4.78, 5) is 28.3. The highest BCUT2D eigenvalue weighted by molar-refractivity contribution is 7.79. The van der Waals surface area contributed by atoms with Crippen LogP contribution in [0.4, 0.5) is 19.0 Å². The molecule has 19 heteroatoms. The van der Waals surface area contributed by atoms with Crippen LogP contribution in [0.2, 0.25) is 0 Å². The Morgan fingerprint density at radius 1 is 1.16 bits per heavy atom. The van der Waals surface area contributed by atoms with Gasteiger partial charge in [-0.05, 0) is 31.9 Å². The van der Waals surface area contributed by atoms with Gasteiger partial charge in [-0.3, -0.25) is 23.7 Å². The van der Waals surface area contributed by atoms with Gasteiger partial charge in [0, 0.05) is 37.7 Å². The quantitative estimate of drug-likeness (QED) is 0.224. The summed E-state index contributed by atoms with van der Waals surface area (Å²) in [6, 6.07) is 6.40. The molecule has 3 aromatic rings. The van der Waals surface area contributed by atoms with Crippen LogP contribution in [-0.4, -0.2) is 84.8 Å². The van der Waals surface area contributed by atoms with Crippen LogP contribution in [0.3, 0.4) is 0 Å². The maximum absolute atomic E-state index is 14.4. The highest BCUT2D eigenvalue weighted by Crippen LogP contribution is 2.39. The summed E-state index contributed by atoms with van der Waals surface area (Å²) < 4.78 is 78.9. The first-order chi connectivity index (χ1) is 20.1. The number of hydrogen-bond acceptors (Lipinski definition) is 10. The molecular weight excluding hydrogens is 601 g/mol. The molecule has 2 amide bonds. The van der Waals surface area contributed by atoms with Gasteiger partial charge in [0.2, 0.25) is 5.91 Å². The zero-order valence-corrected chi connectivity index (χ0v) is 23.8. The van der Waals surface area contributed by atoms with E-state index in [0.29, 0.717) is 29.3 Å². The van der Waals surface area contributed by atoms with E-state index in [4.69, 9.17) is 22.3 Å². The SMILES string of the molecule is CNC(=O)c1cn(C[C@H](F)CCc2ccc(NC(=O)Cc3cc(OC4CC(F)(F)C4)cc(C)n3)nn2)nn1.O=S(=O)(O)O. The Hall–Kier alpha value is -4.23. The van der Waals surface area contributed by atoms with Crippen LogP contribution in [0, 0.1) is 6.92 Å². The number of ether oxygens (including phenoxy) is 1. The topological polar surface area (TPSA) is 211 Å². The van der Waals surface area contributed by atoms with Crippen molar-refractivity contribution >= 4 is 28.0 Å². The Labute approximate surface area is 243 Å². The second-order valence-corrected chi connectivity index (χ2v) is 10.5. The number of pyridine rings is 1. The molecule has 1 fully saturated rings. The lowest BCUT2D eigenvalue weighted by Crippen LogP contribution is -2.43. The van der Waals surface area contributed by atoms with Crippen molar-refractivity contribution in [3.8, 4) is 5.75 Å². The summed E-state index contributed by atoms with van der Waals surface area (Å²) >= 11 is 0. The van der Waals surface area contributed by atoms with Crippen molar-refractivity contribution in [3.63, 3.8) is 0 Å². The average molecular weight is 631 g/mol. The molecule has 3 aromatic heterocycles. The third-order valence-electron chi connectivity index (χ3n) is 5.76. The molecule has 0 aliphatic heterocycles. The molecule has 4 rings (SSSR count). The molecule has 234 valence electrons. The average Bonchev–Trinajstić information content (AvgIpc) is 3.33. The third-order valence-corrected chi connectivity index (χ3v) is 5.76. The number of carbonyl (C=O) groups excluding carboxylic acids is 2. The molecule has 0 saturated heterocycles. The summed E-state index contributed by atoms with van der Waals surface area (Å²) in [5.41, 5.74) is 1.68. The van der Waals surface area contributed by atoms with Gasteiger partial charge >= 0.3 is 10.4 Å². The van der Waals surface area contributed by atoms with Gasteiger partial charge in [-0.2, -0.15) is 13.5 Å². The molecular formula is C24H29F3N8O7S. The molecule has 1 aliphatic carbocycles. The summed E-state index contributed by atoms with van der Waals surface area (Å²) in [6.07, 6.45) is -0.695. The van der Waals surface area contributed by atoms with E-state index in [1.807, 2.05) is 0 Å². The molecule has 0 aromatic carbocycles. The van der Waals surface area contributed by atoms with E-state index in [2.05, 4.69) is 36.1 Å². The zero-order valence-electron chi connectivity index (χ0n) is 22.9. The van der Waals surface area contributed by atoms with Crippen molar-refractivity contribution in [1.29, 1.82) is 0 Å². The van der Waals surface area contributed by atoms with Crippen LogP contribution in [0.1, 0.15) is 46.8 Å². The lowest BCUT2D eigenvalue weighted by Gasteiger charge is -2.34. The number of aryl methyl sites for hydroxylation is 2. The molecule has 4 N–H and O–H groups in total. The first-order valence-electron chi connectivity index (χ1n) is 12.7. The first kappa shape index (κ1) is 33.3. The van der Waals surface area contributed by atoms with E-state index in [9.17, 15) is 22.8 Å². The molecule has 0 spiro atoms. The van der Waals surface area contributed by atoms with Crippen LogP contribution in [0.15, 0.2) is 30.5 Å². The number of anilines is 1. The Kier molecular flexibility index (Phi) is 11.1. The number of amides is 2. The van der Waals surface area contributed by atoms with Crippen LogP contribution >= 0.6 is 0 Å². The standard InChI is InChI=1S/C24H27F3N8O3.H2O4S/c1-14-7-18(38-19-10-24(26,27)11-19)8-17(29-14)9-22(36)30-21-6-5-16(31-33-21)4-3-15(25)12-35-13-20(32-34-35)23(37)28-2;1-5(2,3)4/h5-8,13,15,19H,3-4,9-12H2,1-2H3,(H,28,37)(H,30,33,36);(H2,1,2,3,4)/t15-;/m1./s1. The Morgan fingerprint density at radius 3 is 2.47 bits per heavy atom. The second-order valence-electron chi connectivity index (χ2n) is 9.56. The van der Waals surface area contributed by atoms with E-state index >= 15 is 0 Å². The lowest BCUT2D eigenvalue weighted by atomic mass is 9.91. The van der Waals surface area contributed by atoms with Gasteiger partial charge < -0.3 is 15.4 Å². The molecule has 15 nitrogen and oxygen atoms in total. The van der Waals surface area contributed by atoms with Crippen molar-refractivity contribution in [2.45, 2.75) is 63.8 Å². The number of halogens is 3. The van der Waals surface area contributed by atoms with Gasteiger partial charge in [0.15, 0.2) is 11.5 Å². The largest absolute Gasteiger partial charge is 0.490 e. The van der Waals surface area contributed by atoms with E-state index < -0.39 is 34.5 Å². The molecule has 43 heavy (non-hydrogen) atoms. The molecule has 1 aliphatic rings. The Morgan fingerprint density at radius 2 is 1.86 bits per heavy atom. The number of rotatable bonds is 11. The lowest BCUT2D eigenvalue weighted by molar-refractivity contribution is -0.134. The van der Waals surface area contributed by atoms with Gasteiger partial charge in [-0.1, -0.05) is 5.21 Å². The minimum Gasteiger partial charge on any atom is -0.490 e. The third kappa shape index (κ3) is 11.9. The first-order valence-corrected chi connectivity index (χ1v) is 14.1. The number of nitrogens with one attached hydrogen (secondary N) is 2. The fourth-order valence-electron chi connectivity index (χ4n) is 3.87. The fraction of sp³-hybridized carbons (Fsp3) is 0.458. The van der Waals surface area contributed by atoms with Crippen molar-refractivity contribution in [3.05, 3.63) is 53.2 Å². The fourth-order valence-corrected chi connectivity index (χ4v) is 3.87. The summed E-state index contributed by atoms with van der Waals surface area (Å²) in [5, 5.41) is 20.5. The molecule has 0 radical (unpaired) electrons. The van der Waals surface area contributed by atoms with Gasteiger partial charge in [-0.25, -0.2) is 17.9 Å². The summed E-state index contributed by atoms with van der Waals surface area (Å²) in [6.45, 7) is 1.67. The van der Waals surface area contributed by atoms with E-state index in [1.165, 1.54) is 17.9 Å². The zero-order chi connectivity index (χ0) is 31.8. The normalized spacial score (nSPS) is 15.0. The number of nitrogens with zero attached hydrogens (tertiary/aromatic N) is 6. The minimum absolute atomic E-state index is 0.0571. The highest BCUT2D eigenvalue weighted by atomic mass is 32.3. The van der Waals surface area contributed by atoms with Crippen molar-refractivity contribution in [2.24, 2.45) is 0 Å². The summed E-state index contributed by atoms with van der Waals surface area (Å²) in [5.74, 6) is -2.86. The predicted octanol–water partition coefficient (Wildman–Crippen LogP) is 1.81. The Bertz CT molecular complexity index is 1510. The number of aromatic nitrogens is 6. The monoisotopic (exact) mass is 630 g/mol. The van der Waals surface area contributed by atoms with Crippen LogP contribution in [0.5, 0.6) is 5.75 Å². The van der Waals surface area contributed by atoms with Gasteiger partial charge in [0.25, 0.3) is 11.8 Å². The van der Waals surface area contributed by atoms with Gasteiger partial charge in [0.1, 0.15) is 18.0 Å². The summed E-state index contributed by atoms with van der Waals surface area (Å²) in [7, 11) is -3.20. The molecule has 1 atom stereocenters. The molecule has 3 heterocycles. The molecule has 1 saturated carbocycles. The maximum Gasteiger partial charge on any atom is 0.394 e. The molecule has 0 bridgehead atoms. The maximum atomic E-state index is 14.4. The Balaban J connectivity index is 0.000000934. The smallest absolute Gasteiger partial charge is 0.394 e. The van der Waals surface area contributed by atoms with E-state index in [1.54, 1.807) is 31.2 Å². The number of hydrogen-bond donors (Lipinski definition) is 4. The van der Waals surface area contributed by atoms with Gasteiger partial charge in [-0.15, -0.1) is 10.2 Å². The minimum atomic E-state index is -4.67. The van der Waals surface area contributed by atoms with Crippen LogP contribution in [-0.2, 0) is 34.6 Å². The molecule has 0 unspecified atom stereocenters. The van der Waals surface area contributed by atoms with E-state index in [-0.39, 0.29) is 49.6 Å². The van der Waals surface area contributed by atoms with Crippen LogP contribution < -0.4 is 15.4 Å². The van der Waals surface area contributed by atoms with E-state index in [0.717, 1.165) is 0 Å².